The van der Waals surface area contributed by atoms with E-state index < -0.39 is 0 Å². The van der Waals surface area contributed by atoms with E-state index in [9.17, 15) is 9.59 Å². The van der Waals surface area contributed by atoms with Gasteiger partial charge in [0.1, 0.15) is 0 Å². The zero-order valence-electron chi connectivity index (χ0n) is 21.1. The molecule has 6 nitrogen and oxygen atoms in total. The van der Waals surface area contributed by atoms with Crippen molar-refractivity contribution in [1.82, 2.24) is 9.80 Å². The minimum absolute atomic E-state index is 0.131. The summed E-state index contributed by atoms with van der Waals surface area (Å²) in [5, 5.41) is 18.3. The van der Waals surface area contributed by atoms with Crippen LogP contribution in [0.25, 0.3) is 0 Å². The van der Waals surface area contributed by atoms with Gasteiger partial charge in [0.2, 0.25) is 0 Å². The third-order valence-electron chi connectivity index (χ3n) is 6.89. The quantitative estimate of drug-likeness (QED) is 0.372. The van der Waals surface area contributed by atoms with Gasteiger partial charge in [-0.15, -0.1) is 0 Å². The summed E-state index contributed by atoms with van der Waals surface area (Å²) in [6, 6.07) is 31.1. The van der Waals surface area contributed by atoms with Gasteiger partial charge in [0, 0.05) is 19.6 Å². The molecule has 0 spiro atoms. The van der Waals surface area contributed by atoms with Crippen LogP contribution in [0.5, 0.6) is 0 Å². The molecule has 4 aromatic rings. The number of hydrogen-bond donors (Lipinski definition) is 2. The van der Waals surface area contributed by atoms with Crippen molar-refractivity contribution in [3.05, 3.63) is 142 Å². The fourth-order valence-electron chi connectivity index (χ4n) is 4.92. The summed E-state index contributed by atoms with van der Waals surface area (Å²) in [6.45, 7) is 3.24. The molecule has 2 amide bonds. The Labute approximate surface area is 222 Å². The normalized spacial score (nSPS) is 14.2. The van der Waals surface area contributed by atoms with Crippen LogP contribution in [0.2, 0.25) is 0 Å². The van der Waals surface area contributed by atoms with Gasteiger partial charge in [-0.25, -0.2) is 0 Å². The lowest BCUT2D eigenvalue weighted by Crippen LogP contribution is -2.29. The summed E-state index contributed by atoms with van der Waals surface area (Å²) in [7, 11) is 0. The molecule has 0 unspecified atom stereocenters. The predicted molar refractivity (Wildman–Crippen MR) is 145 cm³/mol. The van der Waals surface area contributed by atoms with Gasteiger partial charge < -0.3 is 10.2 Å². The lowest BCUT2D eigenvalue weighted by molar-refractivity contribution is 0.0642. The molecule has 2 N–H and O–H groups in total. The lowest BCUT2D eigenvalue weighted by Gasteiger charge is -2.14. The van der Waals surface area contributed by atoms with Crippen LogP contribution >= 0.6 is 0 Å². The standard InChI is InChI=1S/C16H13NO3.C16H17NO/c18-10-12-6-7-13-14(8-12)16(20)17(15(13)19)9-11-4-2-1-3-5-11;18-12-14-6-7-15-10-17(11-16(15)8-14)9-13-4-2-1-3-5-13/h1-8,18H,9-10H2;1-8,18H,9-12H2. The van der Waals surface area contributed by atoms with Gasteiger partial charge in [0.25, 0.3) is 11.8 Å². The van der Waals surface area contributed by atoms with Crippen LogP contribution < -0.4 is 0 Å². The van der Waals surface area contributed by atoms with E-state index in [0.717, 1.165) is 30.8 Å². The average molecular weight is 507 g/mol. The van der Waals surface area contributed by atoms with Gasteiger partial charge in [0.15, 0.2) is 0 Å². The number of carbonyl (C=O) groups excluding carboxylic acids is 2. The molecule has 192 valence electrons. The first kappa shape index (κ1) is 25.5. The Balaban J connectivity index is 0.000000156. The summed E-state index contributed by atoms with van der Waals surface area (Å²) >= 11 is 0. The van der Waals surface area contributed by atoms with Gasteiger partial charge in [-0.1, -0.05) is 84.9 Å². The number of fused-ring (bicyclic) bond motifs is 2. The van der Waals surface area contributed by atoms with Crippen molar-refractivity contribution in [2.45, 2.75) is 39.4 Å². The summed E-state index contributed by atoms with van der Waals surface area (Å²) in [4.78, 5) is 28.2. The Hall–Kier alpha value is -4.10. The van der Waals surface area contributed by atoms with Gasteiger partial charge in [-0.3, -0.25) is 19.4 Å². The van der Waals surface area contributed by atoms with Crippen molar-refractivity contribution in [3.63, 3.8) is 0 Å². The van der Waals surface area contributed by atoms with Crippen molar-refractivity contribution >= 4 is 11.8 Å². The van der Waals surface area contributed by atoms with Crippen molar-refractivity contribution in [2.24, 2.45) is 0 Å². The smallest absolute Gasteiger partial charge is 0.261 e. The molecule has 0 atom stereocenters. The van der Waals surface area contributed by atoms with E-state index in [1.165, 1.54) is 21.6 Å². The molecule has 0 saturated heterocycles. The number of amides is 2. The van der Waals surface area contributed by atoms with E-state index in [2.05, 4.69) is 47.4 Å². The Morgan fingerprint density at radius 1 is 0.553 bits per heavy atom. The zero-order valence-corrected chi connectivity index (χ0v) is 21.1. The number of hydrogen-bond acceptors (Lipinski definition) is 5. The number of aliphatic hydroxyl groups excluding tert-OH is 2. The fraction of sp³-hybridized carbons (Fsp3) is 0.188. The summed E-state index contributed by atoms with van der Waals surface area (Å²) in [5.41, 5.74) is 7.43. The molecule has 38 heavy (non-hydrogen) atoms. The molecule has 2 aliphatic rings. The SMILES string of the molecule is O=C1c2ccc(CO)cc2C(=O)N1Cc1ccccc1.OCc1ccc2c(c1)CN(Cc1ccccc1)C2. The number of benzene rings is 4. The van der Waals surface area contributed by atoms with Crippen LogP contribution in [0.4, 0.5) is 0 Å². The van der Waals surface area contributed by atoms with E-state index in [1.54, 1.807) is 18.2 Å². The number of aliphatic hydroxyl groups is 2. The highest BCUT2D eigenvalue weighted by Crippen LogP contribution is 2.26. The van der Waals surface area contributed by atoms with Gasteiger partial charge in [0.05, 0.1) is 30.9 Å². The van der Waals surface area contributed by atoms with Gasteiger partial charge in [-0.2, -0.15) is 0 Å². The van der Waals surface area contributed by atoms with Crippen molar-refractivity contribution in [2.75, 3.05) is 0 Å². The molecule has 6 heteroatoms. The Morgan fingerprint density at radius 2 is 1.11 bits per heavy atom. The monoisotopic (exact) mass is 506 g/mol. The molecule has 0 fully saturated rings. The molecular formula is C32H30N2O4. The maximum Gasteiger partial charge on any atom is 0.261 e. The third kappa shape index (κ3) is 5.58. The largest absolute Gasteiger partial charge is 0.392 e. The highest BCUT2D eigenvalue weighted by atomic mass is 16.3. The van der Waals surface area contributed by atoms with Crippen molar-refractivity contribution in [3.8, 4) is 0 Å². The number of nitrogens with zero attached hydrogens (tertiary/aromatic N) is 2. The van der Waals surface area contributed by atoms with Crippen LogP contribution in [0.3, 0.4) is 0 Å². The summed E-state index contributed by atoms with van der Waals surface area (Å²) in [6.07, 6.45) is 0. The molecule has 4 aromatic carbocycles. The second kappa shape index (κ2) is 11.5. The summed E-state index contributed by atoms with van der Waals surface area (Å²) in [5.74, 6) is -0.581. The lowest BCUT2D eigenvalue weighted by atomic mass is 10.1. The first-order valence-electron chi connectivity index (χ1n) is 12.7. The van der Waals surface area contributed by atoms with E-state index in [4.69, 9.17) is 10.2 Å². The first-order chi connectivity index (χ1) is 18.6. The summed E-state index contributed by atoms with van der Waals surface area (Å²) < 4.78 is 0. The molecule has 0 bridgehead atoms. The van der Waals surface area contributed by atoms with Crippen LogP contribution in [0, 0.1) is 0 Å². The minimum Gasteiger partial charge on any atom is -0.392 e. The van der Waals surface area contributed by atoms with Crippen molar-refractivity contribution in [1.29, 1.82) is 0 Å². The second-order valence-electron chi connectivity index (χ2n) is 9.61. The predicted octanol–water partition coefficient (Wildman–Crippen LogP) is 4.67. The number of carbonyl (C=O) groups is 2. The Bertz CT molecular complexity index is 1440. The number of imide groups is 1. The molecule has 0 aliphatic carbocycles. The fourth-order valence-corrected chi connectivity index (χ4v) is 4.92. The third-order valence-corrected chi connectivity index (χ3v) is 6.89. The highest BCUT2D eigenvalue weighted by Gasteiger charge is 2.35. The van der Waals surface area contributed by atoms with E-state index in [-0.39, 0.29) is 31.6 Å². The molecular weight excluding hydrogens is 476 g/mol. The molecule has 0 radical (unpaired) electrons. The topological polar surface area (TPSA) is 81.1 Å². The van der Waals surface area contributed by atoms with Crippen LogP contribution in [0.15, 0.2) is 97.1 Å². The van der Waals surface area contributed by atoms with E-state index >= 15 is 0 Å². The minimum atomic E-state index is -0.302. The average Bonchev–Trinajstić information content (AvgIpc) is 3.47. The number of rotatable bonds is 6. The molecule has 2 heterocycles. The molecule has 6 rings (SSSR count). The highest BCUT2D eigenvalue weighted by molar-refractivity contribution is 6.21. The van der Waals surface area contributed by atoms with Crippen LogP contribution in [0.1, 0.15) is 54.1 Å². The van der Waals surface area contributed by atoms with Crippen molar-refractivity contribution < 1.29 is 19.8 Å². The van der Waals surface area contributed by atoms with Gasteiger partial charge in [-0.05, 0) is 45.5 Å². The Kier molecular flexibility index (Phi) is 7.75. The van der Waals surface area contributed by atoms with E-state index in [1.807, 2.05) is 36.4 Å². The zero-order chi connectivity index (χ0) is 26.5. The molecule has 2 aliphatic heterocycles. The molecule has 0 aromatic heterocycles. The maximum absolute atomic E-state index is 12.3. The van der Waals surface area contributed by atoms with Crippen LogP contribution in [-0.4, -0.2) is 31.8 Å². The first-order valence-corrected chi connectivity index (χ1v) is 12.7. The van der Waals surface area contributed by atoms with E-state index in [0.29, 0.717) is 16.7 Å². The Morgan fingerprint density at radius 3 is 1.76 bits per heavy atom. The second-order valence-corrected chi connectivity index (χ2v) is 9.61. The van der Waals surface area contributed by atoms with Crippen LogP contribution in [-0.2, 0) is 39.4 Å². The molecule has 0 saturated carbocycles. The van der Waals surface area contributed by atoms with Gasteiger partial charge >= 0.3 is 0 Å². The maximum atomic E-state index is 12.3.